The summed E-state index contributed by atoms with van der Waals surface area (Å²) in [5, 5.41) is 1.28. The number of esters is 1. The van der Waals surface area contributed by atoms with E-state index in [1.165, 1.54) is 29.4 Å². The van der Waals surface area contributed by atoms with Crippen molar-refractivity contribution in [3.8, 4) is 0 Å². The first-order chi connectivity index (χ1) is 13.2. The highest BCUT2D eigenvalue weighted by molar-refractivity contribution is 5.83. The van der Waals surface area contributed by atoms with Crippen LogP contribution in [0.25, 0.3) is 10.9 Å². The molecule has 2 aromatic rings. The molecule has 1 spiro atoms. The summed E-state index contributed by atoms with van der Waals surface area (Å²) in [6.07, 6.45) is 8.57. The fraction of sp³-hybridized carbons (Fsp3) is 0.591. The van der Waals surface area contributed by atoms with E-state index in [1.807, 2.05) is 6.20 Å². The Labute approximate surface area is 160 Å². The Balaban J connectivity index is 1.12. The predicted octanol–water partition coefficient (Wildman–Crippen LogP) is 3.56. The number of carbonyl (C=O) groups is 1. The third-order valence-electron chi connectivity index (χ3n) is 6.93. The average Bonchev–Trinajstić information content (AvgIpc) is 3.42. The van der Waals surface area contributed by atoms with Gasteiger partial charge in [0.15, 0.2) is 0 Å². The fourth-order valence-electron chi connectivity index (χ4n) is 5.25. The van der Waals surface area contributed by atoms with E-state index in [1.54, 1.807) is 0 Å². The van der Waals surface area contributed by atoms with E-state index in [4.69, 9.17) is 4.74 Å². The number of aromatic amines is 1. The molecule has 144 valence electrons. The van der Waals surface area contributed by atoms with Gasteiger partial charge in [-0.15, -0.1) is 0 Å². The smallest absolute Gasteiger partial charge is 0.312 e. The van der Waals surface area contributed by atoms with Gasteiger partial charge < -0.3 is 14.6 Å². The number of cyclic esters (lactones) is 1. The molecule has 1 aromatic carbocycles. The van der Waals surface area contributed by atoms with Gasteiger partial charge in [-0.25, -0.2) is 0 Å². The quantitative estimate of drug-likeness (QED) is 0.840. The van der Waals surface area contributed by atoms with Crippen molar-refractivity contribution in [1.82, 2.24) is 9.88 Å². The molecule has 2 saturated heterocycles. The standard InChI is InChI=1S/C22H29N3O2/c26-21-22(7-1-2-8-22)16-19(27-21)6-10-24-11-13-25(14-12-24)18-3-4-20-17(15-18)5-9-23-20/h3-5,9,15,19,23H,1-2,6-8,10-14,16H2/t19-/m0/s1. The number of aromatic nitrogens is 1. The van der Waals surface area contributed by atoms with Crippen LogP contribution in [0.15, 0.2) is 30.5 Å². The molecule has 0 amide bonds. The van der Waals surface area contributed by atoms with Crippen molar-refractivity contribution >= 4 is 22.6 Å². The van der Waals surface area contributed by atoms with Crippen LogP contribution in [0.1, 0.15) is 38.5 Å². The van der Waals surface area contributed by atoms with Crippen molar-refractivity contribution in [3.63, 3.8) is 0 Å². The van der Waals surface area contributed by atoms with Gasteiger partial charge in [0.25, 0.3) is 0 Å². The maximum absolute atomic E-state index is 12.3. The highest BCUT2D eigenvalue weighted by Crippen LogP contribution is 2.48. The normalized spacial score (nSPS) is 25.6. The second kappa shape index (κ2) is 6.86. The molecule has 2 aliphatic heterocycles. The van der Waals surface area contributed by atoms with Crippen molar-refractivity contribution in [2.45, 2.75) is 44.6 Å². The van der Waals surface area contributed by atoms with Crippen LogP contribution in [0.3, 0.4) is 0 Å². The summed E-state index contributed by atoms with van der Waals surface area (Å²) in [4.78, 5) is 20.6. The Bertz CT molecular complexity index is 816. The second-order valence-corrected chi connectivity index (χ2v) is 8.59. The Hall–Kier alpha value is -2.01. The van der Waals surface area contributed by atoms with Crippen LogP contribution in [0.4, 0.5) is 5.69 Å². The number of rotatable bonds is 4. The predicted molar refractivity (Wildman–Crippen MR) is 107 cm³/mol. The van der Waals surface area contributed by atoms with E-state index in [-0.39, 0.29) is 17.5 Å². The Kier molecular flexibility index (Phi) is 4.35. The van der Waals surface area contributed by atoms with Crippen molar-refractivity contribution < 1.29 is 9.53 Å². The van der Waals surface area contributed by atoms with Gasteiger partial charge in [0.2, 0.25) is 0 Å². The van der Waals surface area contributed by atoms with Gasteiger partial charge >= 0.3 is 5.97 Å². The lowest BCUT2D eigenvalue weighted by Gasteiger charge is -2.36. The monoisotopic (exact) mass is 367 g/mol. The summed E-state index contributed by atoms with van der Waals surface area (Å²) >= 11 is 0. The summed E-state index contributed by atoms with van der Waals surface area (Å²) in [5.41, 5.74) is 2.40. The first-order valence-electron chi connectivity index (χ1n) is 10.5. The van der Waals surface area contributed by atoms with Crippen molar-refractivity contribution in [1.29, 1.82) is 0 Å². The zero-order chi connectivity index (χ0) is 18.3. The molecule has 3 fully saturated rings. The zero-order valence-electron chi connectivity index (χ0n) is 16.0. The van der Waals surface area contributed by atoms with Gasteiger partial charge in [-0.3, -0.25) is 9.69 Å². The van der Waals surface area contributed by atoms with E-state index in [0.29, 0.717) is 0 Å². The number of benzene rings is 1. The Morgan fingerprint density at radius 3 is 2.74 bits per heavy atom. The molecular formula is C22H29N3O2. The summed E-state index contributed by atoms with van der Waals surface area (Å²) in [6.45, 7) is 5.32. The summed E-state index contributed by atoms with van der Waals surface area (Å²) in [7, 11) is 0. The van der Waals surface area contributed by atoms with Crippen LogP contribution < -0.4 is 4.90 Å². The van der Waals surface area contributed by atoms with Crippen molar-refractivity contribution in [2.75, 3.05) is 37.6 Å². The minimum Gasteiger partial charge on any atom is -0.462 e. The number of anilines is 1. The fourth-order valence-corrected chi connectivity index (χ4v) is 5.25. The molecule has 1 aromatic heterocycles. The maximum atomic E-state index is 12.3. The lowest BCUT2D eigenvalue weighted by molar-refractivity contribution is -0.148. The molecule has 1 saturated carbocycles. The third kappa shape index (κ3) is 3.22. The zero-order valence-corrected chi connectivity index (χ0v) is 16.0. The number of fused-ring (bicyclic) bond motifs is 1. The number of nitrogens with one attached hydrogen (secondary N) is 1. The molecule has 5 heteroatoms. The third-order valence-corrected chi connectivity index (χ3v) is 6.93. The van der Waals surface area contributed by atoms with Crippen molar-refractivity contribution in [2.24, 2.45) is 5.41 Å². The largest absolute Gasteiger partial charge is 0.462 e. The van der Waals surface area contributed by atoms with E-state index >= 15 is 0 Å². The molecule has 0 radical (unpaired) electrons. The highest BCUT2D eigenvalue weighted by Gasteiger charge is 2.50. The average molecular weight is 367 g/mol. The minimum atomic E-state index is -0.111. The molecule has 5 rings (SSSR count). The number of ether oxygens (including phenoxy) is 1. The molecule has 1 atom stereocenters. The molecule has 5 nitrogen and oxygen atoms in total. The van der Waals surface area contributed by atoms with Gasteiger partial charge in [0.05, 0.1) is 5.41 Å². The molecule has 27 heavy (non-hydrogen) atoms. The minimum absolute atomic E-state index is 0.0926. The van der Waals surface area contributed by atoms with Crippen LogP contribution in [0.5, 0.6) is 0 Å². The molecule has 0 unspecified atom stereocenters. The molecular weight excluding hydrogens is 338 g/mol. The van der Waals surface area contributed by atoms with Gasteiger partial charge in [-0.1, -0.05) is 12.8 Å². The molecule has 3 heterocycles. The second-order valence-electron chi connectivity index (χ2n) is 8.59. The summed E-state index contributed by atoms with van der Waals surface area (Å²) in [6, 6.07) is 8.80. The lowest BCUT2D eigenvalue weighted by atomic mass is 9.83. The van der Waals surface area contributed by atoms with E-state index in [0.717, 1.165) is 58.4 Å². The lowest BCUT2D eigenvalue weighted by Crippen LogP contribution is -2.47. The summed E-state index contributed by atoms with van der Waals surface area (Å²) < 4.78 is 5.73. The van der Waals surface area contributed by atoms with E-state index in [2.05, 4.69) is 39.0 Å². The first kappa shape index (κ1) is 17.1. The Morgan fingerprint density at radius 2 is 1.93 bits per heavy atom. The number of hydrogen-bond acceptors (Lipinski definition) is 4. The molecule has 3 aliphatic rings. The number of H-pyrrole nitrogens is 1. The van der Waals surface area contributed by atoms with Crippen LogP contribution in [-0.4, -0.2) is 54.7 Å². The SMILES string of the molecule is O=C1O[C@@H](CCN2CCN(c3ccc4[nH]ccc4c3)CC2)CC12CCCC2. The number of nitrogens with zero attached hydrogens (tertiary/aromatic N) is 2. The molecule has 1 aliphatic carbocycles. The first-order valence-corrected chi connectivity index (χ1v) is 10.5. The number of piperazine rings is 1. The molecule has 1 N–H and O–H groups in total. The van der Waals surface area contributed by atoms with Crippen molar-refractivity contribution in [3.05, 3.63) is 30.5 Å². The van der Waals surface area contributed by atoms with Crippen LogP contribution in [-0.2, 0) is 9.53 Å². The Morgan fingerprint density at radius 1 is 1.11 bits per heavy atom. The molecule has 0 bridgehead atoms. The van der Waals surface area contributed by atoms with E-state index in [9.17, 15) is 4.79 Å². The van der Waals surface area contributed by atoms with Gasteiger partial charge in [-0.05, 0) is 43.5 Å². The van der Waals surface area contributed by atoms with Crippen LogP contribution in [0.2, 0.25) is 0 Å². The van der Waals surface area contributed by atoms with Gasteiger partial charge in [0.1, 0.15) is 6.10 Å². The number of hydrogen-bond donors (Lipinski definition) is 1. The number of carbonyl (C=O) groups excluding carboxylic acids is 1. The van der Waals surface area contributed by atoms with E-state index < -0.39 is 0 Å². The van der Waals surface area contributed by atoms with Crippen LogP contribution >= 0.6 is 0 Å². The highest BCUT2D eigenvalue weighted by atomic mass is 16.6. The van der Waals surface area contributed by atoms with Crippen LogP contribution in [0, 0.1) is 5.41 Å². The van der Waals surface area contributed by atoms with Gasteiger partial charge in [-0.2, -0.15) is 0 Å². The van der Waals surface area contributed by atoms with Gasteiger partial charge in [0, 0.05) is 61.9 Å². The maximum Gasteiger partial charge on any atom is 0.312 e. The topological polar surface area (TPSA) is 48.6 Å². The summed E-state index contributed by atoms with van der Waals surface area (Å²) in [5.74, 6) is 0.0926.